The summed E-state index contributed by atoms with van der Waals surface area (Å²) in [5.74, 6) is 0. The van der Waals surface area contributed by atoms with E-state index in [1.807, 2.05) is 17.8 Å². The van der Waals surface area contributed by atoms with E-state index in [1.165, 1.54) is 6.07 Å². The van der Waals surface area contributed by atoms with Crippen LogP contribution in [0.15, 0.2) is 18.2 Å². The first-order valence-electron chi connectivity index (χ1n) is 7.31. The summed E-state index contributed by atoms with van der Waals surface area (Å²) < 4.78 is 38.4. The van der Waals surface area contributed by atoms with Crippen molar-refractivity contribution in [3.63, 3.8) is 0 Å². The maximum Gasteiger partial charge on any atom is 0.416 e. The topological polar surface area (TPSA) is 44.0 Å². The van der Waals surface area contributed by atoms with Crippen LogP contribution in [0.4, 0.5) is 13.2 Å². The number of nitriles is 1. The number of nitrogens with zero attached hydrogens (tertiary/aromatic N) is 1. The Morgan fingerprint density at radius 3 is 2.41 bits per heavy atom. The third-order valence-electron chi connectivity index (χ3n) is 4.54. The summed E-state index contributed by atoms with van der Waals surface area (Å²) >= 11 is 1.87. The number of halogens is 3. The molecule has 2 atom stereocenters. The fraction of sp³-hybridized carbons (Fsp3) is 0.562. The van der Waals surface area contributed by atoms with Gasteiger partial charge in [0.15, 0.2) is 0 Å². The number of fused-ring (bicyclic) bond motifs is 2. The number of hydrogen-bond donors (Lipinski definition) is 1. The standard InChI is InChI=1S/C16H16F3NOS/c17-16(18,19)11-4-5-14(10(6-11)9-20)15(21)7-12-2-1-3-13(8-15)22-12/h4-6,12-13,21H,1-3,7-8H2. The first-order valence-corrected chi connectivity index (χ1v) is 8.26. The van der Waals surface area contributed by atoms with Crippen molar-refractivity contribution in [3.05, 3.63) is 34.9 Å². The summed E-state index contributed by atoms with van der Waals surface area (Å²) in [5.41, 5.74) is -1.75. The SMILES string of the molecule is N#Cc1cc(C(F)(F)F)ccc1C1(O)CC2CCCC(C1)S2. The van der Waals surface area contributed by atoms with Crippen molar-refractivity contribution >= 4 is 11.8 Å². The highest BCUT2D eigenvalue weighted by Gasteiger charge is 2.44. The average molecular weight is 327 g/mol. The molecule has 1 aromatic carbocycles. The van der Waals surface area contributed by atoms with Gasteiger partial charge in [-0.05, 0) is 37.8 Å². The summed E-state index contributed by atoms with van der Waals surface area (Å²) in [7, 11) is 0. The largest absolute Gasteiger partial charge is 0.416 e. The molecule has 2 aliphatic heterocycles. The monoisotopic (exact) mass is 327 g/mol. The minimum atomic E-state index is -4.48. The van der Waals surface area contributed by atoms with Crippen LogP contribution in [0.25, 0.3) is 0 Å². The molecule has 2 unspecified atom stereocenters. The third-order valence-corrected chi connectivity index (χ3v) is 6.11. The maximum atomic E-state index is 12.8. The molecule has 1 aromatic rings. The Balaban J connectivity index is 1.99. The first-order chi connectivity index (χ1) is 10.3. The van der Waals surface area contributed by atoms with Gasteiger partial charge in [0, 0.05) is 16.1 Å². The molecule has 0 saturated carbocycles. The highest BCUT2D eigenvalue weighted by Crippen LogP contribution is 2.50. The zero-order chi connectivity index (χ0) is 16.0. The fourth-order valence-electron chi connectivity index (χ4n) is 3.56. The average Bonchev–Trinajstić information content (AvgIpc) is 2.45. The molecule has 6 heteroatoms. The molecule has 2 fully saturated rings. The lowest BCUT2D eigenvalue weighted by molar-refractivity contribution is -0.137. The van der Waals surface area contributed by atoms with Crippen LogP contribution in [0.5, 0.6) is 0 Å². The molecule has 0 aromatic heterocycles. The third kappa shape index (κ3) is 2.84. The number of rotatable bonds is 1. The Morgan fingerprint density at radius 1 is 1.23 bits per heavy atom. The van der Waals surface area contributed by atoms with Crippen LogP contribution in [0.3, 0.4) is 0 Å². The second-order valence-electron chi connectivity index (χ2n) is 6.12. The van der Waals surface area contributed by atoms with Gasteiger partial charge in [0.05, 0.1) is 22.8 Å². The van der Waals surface area contributed by atoms with Crippen molar-refractivity contribution in [1.82, 2.24) is 0 Å². The number of alkyl halides is 3. The summed E-state index contributed by atoms with van der Waals surface area (Å²) in [6.07, 6.45) is -0.289. The minimum Gasteiger partial charge on any atom is -0.385 e. The van der Waals surface area contributed by atoms with Gasteiger partial charge in [0.2, 0.25) is 0 Å². The molecule has 3 rings (SSSR count). The van der Waals surface area contributed by atoms with Crippen LogP contribution in [0.2, 0.25) is 0 Å². The Hall–Kier alpha value is -1.19. The van der Waals surface area contributed by atoms with Gasteiger partial charge < -0.3 is 5.11 Å². The predicted molar refractivity (Wildman–Crippen MR) is 78.3 cm³/mol. The van der Waals surface area contributed by atoms with E-state index in [0.717, 1.165) is 31.4 Å². The van der Waals surface area contributed by atoms with Crippen molar-refractivity contribution < 1.29 is 18.3 Å². The summed E-state index contributed by atoms with van der Waals surface area (Å²) in [4.78, 5) is 0. The molecule has 2 aliphatic rings. The van der Waals surface area contributed by atoms with Gasteiger partial charge in [-0.3, -0.25) is 0 Å². The normalized spacial score (nSPS) is 31.6. The van der Waals surface area contributed by atoms with Crippen LogP contribution < -0.4 is 0 Å². The lowest BCUT2D eigenvalue weighted by Crippen LogP contribution is -2.41. The molecule has 2 nitrogen and oxygen atoms in total. The van der Waals surface area contributed by atoms with Crippen LogP contribution in [-0.4, -0.2) is 15.6 Å². The lowest BCUT2D eigenvalue weighted by atomic mass is 9.78. The van der Waals surface area contributed by atoms with Gasteiger partial charge in [-0.1, -0.05) is 12.5 Å². The Bertz CT molecular complexity index is 611. The van der Waals surface area contributed by atoms with Crippen LogP contribution in [0.1, 0.15) is 48.8 Å². The molecule has 0 amide bonds. The van der Waals surface area contributed by atoms with Gasteiger partial charge in [0.25, 0.3) is 0 Å². The quantitative estimate of drug-likeness (QED) is 0.840. The van der Waals surface area contributed by atoms with Crippen LogP contribution >= 0.6 is 11.8 Å². The van der Waals surface area contributed by atoms with E-state index in [9.17, 15) is 23.5 Å². The number of thioether (sulfide) groups is 1. The Morgan fingerprint density at radius 2 is 1.86 bits per heavy atom. The maximum absolute atomic E-state index is 12.8. The van der Waals surface area contributed by atoms with Crippen molar-refractivity contribution in [3.8, 4) is 6.07 Å². The van der Waals surface area contributed by atoms with Gasteiger partial charge >= 0.3 is 6.18 Å². The van der Waals surface area contributed by atoms with E-state index >= 15 is 0 Å². The molecule has 118 valence electrons. The van der Waals surface area contributed by atoms with E-state index in [-0.39, 0.29) is 5.56 Å². The first kappa shape index (κ1) is 15.7. The predicted octanol–water partition coefficient (Wildman–Crippen LogP) is 4.21. The molecule has 2 bridgehead atoms. The van der Waals surface area contributed by atoms with Crippen molar-refractivity contribution in [2.45, 2.75) is 54.4 Å². The summed E-state index contributed by atoms with van der Waals surface area (Å²) in [5, 5.41) is 20.9. The molecular formula is C16H16F3NOS. The smallest absolute Gasteiger partial charge is 0.385 e. The van der Waals surface area contributed by atoms with E-state index < -0.39 is 17.3 Å². The van der Waals surface area contributed by atoms with Crippen LogP contribution in [0, 0.1) is 11.3 Å². The minimum absolute atomic E-state index is 0.0673. The molecule has 0 spiro atoms. The van der Waals surface area contributed by atoms with Crippen molar-refractivity contribution in [1.29, 1.82) is 5.26 Å². The zero-order valence-corrected chi connectivity index (χ0v) is 12.7. The number of aliphatic hydroxyl groups is 1. The summed E-state index contributed by atoms with van der Waals surface area (Å²) in [6.45, 7) is 0. The van der Waals surface area contributed by atoms with E-state index in [1.54, 1.807) is 0 Å². The van der Waals surface area contributed by atoms with Crippen LogP contribution in [-0.2, 0) is 11.8 Å². The molecular weight excluding hydrogens is 311 g/mol. The molecule has 2 heterocycles. The lowest BCUT2D eigenvalue weighted by Gasteiger charge is -2.44. The highest BCUT2D eigenvalue weighted by atomic mass is 32.2. The molecule has 0 radical (unpaired) electrons. The fourth-order valence-corrected chi connectivity index (χ4v) is 5.45. The van der Waals surface area contributed by atoms with Gasteiger partial charge in [-0.15, -0.1) is 0 Å². The zero-order valence-electron chi connectivity index (χ0n) is 11.9. The number of benzene rings is 1. The number of hydrogen-bond acceptors (Lipinski definition) is 3. The van der Waals surface area contributed by atoms with Gasteiger partial charge in [-0.25, -0.2) is 0 Å². The molecule has 2 saturated heterocycles. The van der Waals surface area contributed by atoms with Gasteiger partial charge in [0.1, 0.15) is 0 Å². The highest BCUT2D eigenvalue weighted by molar-refractivity contribution is 8.00. The van der Waals surface area contributed by atoms with Gasteiger partial charge in [-0.2, -0.15) is 30.2 Å². The second-order valence-corrected chi connectivity index (χ2v) is 7.73. The second kappa shape index (κ2) is 5.47. The molecule has 1 N–H and O–H groups in total. The van der Waals surface area contributed by atoms with E-state index in [2.05, 4.69) is 0 Å². The summed E-state index contributed by atoms with van der Waals surface area (Å²) in [6, 6.07) is 4.93. The van der Waals surface area contributed by atoms with E-state index in [4.69, 9.17) is 0 Å². The van der Waals surface area contributed by atoms with Crippen molar-refractivity contribution in [2.24, 2.45) is 0 Å². The van der Waals surface area contributed by atoms with Crippen molar-refractivity contribution in [2.75, 3.05) is 0 Å². The Kier molecular flexibility index (Phi) is 3.90. The van der Waals surface area contributed by atoms with E-state index in [0.29, 0.717) is 28.9 Å². The molecule has 22 heavy (non-hydrogen) atoms. The Labute approximate surface area is 131 Å². The molecule has 0 aliphatic carbocycles.